The SMILES string of the molecule is CC[C@H](C(=O)NC1CCCCC1)N(Cc1ccccc1C)C(=O)CC(c1ccccc1)c1ccccc1. The van der Waals surface area contributed by atoms with Gasteiger partial charge in [-0.25, -0.2) is 0 Å². The molecule has 0 radical (unpaired) electrons. The first-order chi connectivity index (χ1) is 18.1. The first kappa shape index (κ1) is 26.7. The maximum atomic E-state index is 14.2. The van der Waals surface area contributed by atoms with Gasteiger partial charge in [-0.2, -0.15) is 0 Å². The van der Waals surface area contributed by atoms with E-state index in [1.165, 1.54) is 6.42 Å². The summed E-state index contributed by atoms with van der Waals surface area (Å²) in [7, 11) is 0. The van der Waals surface area contributed by atoms with Crippen LogP contribution >= 0.6 is 0 Å². The number of hydrogen-bond acceptors (Lipinski definition) is 2. The van der Waals surface area contributed by atoms with Crippen molar-refractivity contribution in [2.24, 2.45) is 0 Å². The predicted octanol–water partition coefficient (Wildman–Crippen LogP) is 6.77. The largest absolute Gasteiger partial charge is 0.352 e. The van der Waals surface area contributed by atoms with Crippen LogP contribution < -0.4 is 5.32 Å². The second-order valence-corrected chi connectivity index (χ2v) is 10.3. The molecule has 3 aromatic carbocycles. The van der Waals surface area contributed by atoms with Crippen LogP contribution in [0.25, 0.3) is 0 Å². The molecule has 2 amide bonds. The highest BCUT2D eigenvalue weighted by molar-refractivity contribution is 5.88. The summed E-state index contributed by atoms with van der Waals surface area (Å²) in [6.45, 7) is 4.51. The Balaban J connectivity index is 1.63. The Morgan fingerprint density at radius 3 is 1.97 bits per heavy atom. The molecule has 194 valence electrons. The smallest absolute Gasteiger partial charge is 0.243 e. The predicted molar refractivity (Wildman–Crippen MR) is 150 cm³/mol. The van der Waals surface area contributed by atoms with Crippen molar-refractivity contribution in [3.05, 3.63) is 107 Å². The van der Waals surface area contributed by atoms with Gasteiger partial charge in [-0.05, 0) is 48.4 Å². The van der Waals surface area contributed by atoms with Gasteiger partial charge in [0.05, 0.1) is 0 Å². The lowest BCUT2D eigenvalue weighted by Gasteiger charge is -2.34. The molecule has 1 aliphatic rings. The van der Waals surface area contributed by atoms with Crippen molar-refractivity contribution < 1.29 is 9.59 Å². The highest BCUT2D eigenvalue weighted by Gasteiger charge is 2.32. The van der Waals surface area contributed by atoms with Crippen molar-refractivity contribution in [3.8, 4) is 0 Å². The van der Waals surface area contributed by atoms with E-state index < -0.39 is 6.04 Å². The molecule has 0 aromatic heterocycles. The standard InChI is InChI=1S/C33H40N2O2/c1-3-31(33(37)34-29-21-11-6-12-22-29)35(24-28-20-14-13-15-25(28)2)32(36)23-30(26-16-7-4-8-17-26)27-18-9-5-10-19-27/h4-5,7-10,13-20,29-31H,3,6,11-12,21-24H2,1-2H3,(H,34,37)/t31-/m1/s1. The minimum Gasteiger partial charge on any atom is -0.352 e. The van der Waals surface area contributed by atoms with E-state index in [0.717, 1.165) is 47.9 Å². The van der Waals surface area contributed by atoms with Crippen molar-refractivity contribution >= 4 is 11.8 Å². The molecule has 37 heavy (non-hydrogen) atoms. The molecular formula is C33H40N2O2. The fourth-order valence-electron chi connectivity index (χ4n) is 5.53. The summed E-state index contributed by atoms with van der Waals surface area (Å²) in [6, 6.07) is 28.3. The average molecular weight is 497 g/mol. The third-order valence-electron chi connectivity index (χ3n) is 7.72. The lowest BCUT2D eigenvalue weighted by atomic mass is 9.87. The van der Waals surface area contributed by atoms with Crippen molar-refractivity contribution in [2.75, 3.05) is 0 Å². The summed E-state index contributed by atoms with van der Waals surface area (Å²) in [5, 5.41) is 3.29. The summed E-state index contributed by atoms with van der Waals surface area (Å²) in [5.74, 6) is -0.0907. The fourth-order valence-corrected chi connectivity index (χ4v) is 5.53. The zero-order valence-corrected chi connectivity index (χ0v) is 22.2. The molecular weight excluding hydrogens is 456 g/mol. The second-order valence-electron chi connectivity index (χ2n) is 10.3. The molecule has 1 saturated carbocycles. The second kappa shape index (κ2) is 13.2. The highest BCUT2D eigenvalue weighted by atomic mass is 16.2. The van der Waals surface area contributed by atoms with Gasteiger partial charge in [0.2, 0.25) is 11.8 Å². The number of nitrogens with one attached hydrogen (secondary N) is 1. The third kappa shape index (κ3) is 7.09. The number of nitrogens with zero attached hydrogens (tertiary/aromatic N) is 1. The van der Waals surface area contributed by atoms with E-state index in [4.69, 9.17) is 0 Å². The van der Waals surface area contributed by atoms with Crippen molar-refractivity contribution in [1.82, 2.24) is 10.2 Å². The Hall–Kier alpha value is -3.40. The summed E-state index contributed by atoms with van der Waals surface area (Å²) < 4.78 is 0. The van der Waals surface area contributed by atoms with Crippen LogP contribution in [0.2, 0.25) is 0 Å². The Bertz CT molecular complexity index is 1100. The summed E-state index contributed by atoms with van der Waals surface area (Å²) >= 11 is 0. The third-order valence-corrected chi connectivity index (χ3v) is 7.72. The molecule has 1 N–H and O–H groups in total. The first-order valence-electron chi connectivity index (χ1n) is 13.8. The number of rotatable bonds is 10. The minimum absolute atomic E-state index is 0.00611. The number of carbonyl (C=O) groups is 2. The van der Waals surface area contributed by atoms with Crippen LogP contribution in [0.4, 0.5) is 0 Å². The number of aryl methyl sites for hydroxylation is 1. The highest BCUT2D eigenvalue weighted by Crippen LogP contribution is 2.30. The van der Waals surface area contributed by atoms with E-state index in [1.807, 2.05) is 60.4 Å². The van der Waals surface area contributed by atoms with Crippen LogP contribution in [0.3, 0.4) is 0 Å². The molecule has 0 unspecified atom stereocenters. The molecule has 1 fully saturated rings. The van der Waals surface area contributed by atoms with E-state index in [0.29, 0.717) is 19.4 Å². The normalized spacial score (nSPS) is 14.8. The molecule has 0 bridgehead atoms. The molecule has 3 aromatic rings. The molecule has 1 aliphatic carbocycles. The Kier molecular flexibility index (Phi) is 9.53. The Labute approximate surface area is 222 Å². The van der Waals surface area contributed by atoms with E-state index >= 15 is 0 Å². The molecule has 0 spiro atoms. The monoisotopic (exact) mass is 496 g/mol. The van der Waals surface area contributed by atoms with E-state index in [2.05, 4.69) is 48.6 Å². The van der Waals surface area contributed by atoms with Gasteiger partial charge in [-0.3, -0.25) is 9.59 Å². The minimum atomic E-state index is -0.499. The van der Waals surface area contributed by atoms with Crippen LogP contribution in [0.15, 0.2) is 84.9 Å². The van der Waals surface area contributed by atoms with Crippen molar-refractivity contribution in [3.63, 3.8) is 0 Å². The van der Waals surface area contributed by atoms with Gasteiger partial charge in [0.25, 0.3) is 0 Å². The number of amides is 2. The maximum Gasteiger partial charge on any atom is 0.243 e. The lowest BCUT2D eigenvalue weighted by molar-refractivity contribution is -0.142. The zero-order chi connectivity index (χ0) is 26.0. The molecule has 1 atom stereocenters. The molecule has 0 saturated heterocycles. The summed E-state index contributed by atoms with van der Waals surface area (Å²) in [6.07, 6.45) is 6.50. The van der Waals surface area contributed by atoms with Crippen LogP contribution in [0.5, 0.6) is 0 Å². The van der Waals surface area contributed by atoms with Gasteiger partial charge >= 0.3 is 0 Å². The van der Waals surface area contributed by atoms with Gasteiger partial charge in [-0.15, -0.1) is 0 Å². The van der Waals surface area contributed by atoms with Crippen molar-refractivity contribution in [1.29, 1.82) is 0 Å². The van der Waals surface area contributed by atoms with Gasteiger partial charge in [0.1, 0.15) is 6.04 Å². The van der Waals surface area contributed by atoms with Crippen LogP contribution in [-0.2, 0) is 16.1 Å². The van der Waals surface area contributed by atoms with Gasteiger partial charge in [0.15, 0.2) is 0 Å². The number of hydrogen-bond donors (Lipinski definition) is 1. The Morgan fingerprint density at radius 2 is 1.41 bits per heavy atom. The van der Waals surface area contributed by atoms with E-state index in [1.54, 1.807) is 0 Å². The molecule has 0 aliphatic heterocycles. The van der Waals surface area contributed by atoms with Crippen LogP contribution in [0, 0.1) is 6.92 Å². The summed E-state index contributed by atoms with van der Waals surface area (Å²) in [4.78, 5) is 29.6. The summed E-state index contributed by atoms with van der Waals surface area (Å²) in [5.41, 5.74) is 4.43. The number of carbonyl (C=O) groups excluding carboxylic acids is 2. The first-order valence-corrected chi connectivity index (χ1v) is 13.8. The van der Waals surface area contributed by atoms with Crippen LogP contribution in [-0.4, -0.2) is 28.8 Å². The van der Waals surface area contributed by atoms with Crippen LogP contribution in [0.1, 0.15) is 80.0 Å². The molecule has 4 heteroatoms. The fraction of sp³-hybridized carbons (Fsp3) is 0.394. The topological polar surface area (TPSA) is 49.4 Å². The lowest BCUT2D eigenvalue weighted by Crippen LogP contribution is -2.51. The quantitative estimate of drug-likeness (QED) is 0.337. The zero-order valence-electron chi connectivity index (χ0n) is 22.2. The van der Waals surface area contributed by atoms with Crippen molar-refractivity contribution in [2.45, 2.75) is 83.3 Å². The van der Waals surface area contributed by atoms with E-state index in [9.17, 15) is 9.59 Å². The molecule has 4 nitrogen and oxygen atoms in total. The maximum absolute atomic E-state index is 14.2. The molecule has 4 rings (SSSR count). The van der Waals surface area contributed by atoms with Gasteiger partial charge in [-0.1, -0.05) is 111 Å². The average Bonchev–Trinajstić information content (AvgIpc) is 2.94. The van der Waals surface area contributed by atoms with Gasteiger partial charge < -0.3 is 10.2 Å². The number of benzene rings is 3. The van der Waals surface area contributed by atoms with E-state index in [-0.39, 0.29) is 23.8 Å². The molecule has 0 heterocycles. The Morgan fingerprint density at radius 1 is 0.838 bits per heavy atom. The van der Waals surface area contributed by atoms with Gasteiger partial charge in [0, 0.05) is 24.9 Å².